The second-order valence-electron chi connectivity index (χ2n) is 6.83. The second kappa shape index (κ2) is 8.50. The molecule has 2 aliphatic rings. The molecule has 0 N–H and O–H groups in total. The van der Waals surface area contributed by atoms with Gasteiger partial charge in [0.25, 0.3) is 0 Å². The van der Waals surface area contributed by atoms with E-state index in [1.165, 1.54) is 4.88 Å². The van der Waals surface area contributed by atoms with Crippen LogP contribution in [0.25, 0.3) is 0 Å². The van der Waals surface area contributed by atoms with Crippen LogP contribution < -0.4 is 9.47 Å². The number of ether oxygens (including phenoxy) is 2. The van der Waals surface area contributed by atoms with E-state index in [0.29, 0.717) is 36.2 Å². The molecule has 0 radical (unpaired) electrons. The van der Waals surface area contributed by atoms with E-state index >= 15 is 0 Å². The van der Waals surface area contributed by atoms with Crippen LogP contribution >= 0.6 is 22.9 Å². The van der Waals surface area contributed by atoms with Crippen molar-refractivity contribution in [2.45, 2.75) is 12.8 Å². The third-order valence-electron chi connectivity index (χ3n) is 4.99. The number of piperazine rings is 1. The minimum Gasteiger partial charge on any atom is -0.486 e. The summed E-state index contributed by atoms with van der Waals surface area (Å²) in [6.45, 7) is 5.48. The third kappa shape index (κ3) is 4.57. The van der Waals surface area contributed by atoms with Gasteiger partial charge in [0.05, 0.1) is 11.4 Å². The number of hydrogen-bond donors (Lipinski definition) is 0. The van der Waals surface area contributed by atoms with E-state index in [4.69, 9.17) is 21.1 Å². The summed E-state index contributed by atoms with van der Waals surface area (Å²) in [6.07, 6.45) is 1.42. The Morgan fingerprint density at radius 3 is 2.74 bits per heavy atom. The van der Waals surface area contributed by atoms with Crippen LogP contribution in [-0.4, -0.2) is 61.6 Å². The molecule has 4 rings (SSSR count). The molecule has 1 aromatic carbocycles. The van der Waals surface area contributed by atoms with Crippen molar-refractivity contribution in [3.05, 3.63) is 45.1 Å². The highest BCUT2D eigenvalue weighted by Crippen LogP contribution is 2.38. The van der Waals surface area contributed by atoms with E-state index in [9.17, 15) is 4.79 Å². The van der Waals surface area contributed by atoms with E-state index < -0.39 is 0 Å². The zero-order valence-electron chi connectivity index (χ0n) is 15.2. The molecule has 2 aliphatic heterocycles. The number of benzene rings is 1. The fourth-order valence-corrected chi connectivity index (χ4v) is 4.48. The van der Waals surface area contributed by atoms with Gasteiger partial charge >= 0.3 is 0 Å². The Morgan fingerprint density at radius 1 is 1.15 bits per heavy atom. The second-order valence-corrected chi connectivity index (χ2v) is 8.27. The van der Waals surface area contributed by atoms with Gasteiger partial charge in [0, 0.05) is 37.6 Å². The molecule has 0 aliphatic carbocycles. The van der Waals surface area contributed by atoms with Gasteiger partial charge in [0.15, 0.2) is 11.5 Å². The van der Waals surface area contributed by atoms with E-state index in [1.807, 2.05) is 28.4 Å². The van der Waals surface area contributed by atoms with Crippen LogP contribution in [0.4, 0.5) is 0 Å². The standard InChI is InChI=1S/C20H23ClN2O3S/c21-17-12-15(13-18-20(17)26-10-9-25-18)14-19(24)23-7-5-22(6-8-23)4-3-16-2-1-11-27-16/h1-2,11-13H,3-10,14H2. The summed E-state index contributed by atoms with van der Waals surface area (Å²) in [6, 6.07) is 7.96. The van der Waals surface area contributed by atoms with Gasteiger partial charge in [-0.2, -0.15) is 0 Å². The van der Waals surface area contributed by atoms with Gasteiger partial charge in [0.2, 0.25) is 5.91 Å². The predicted octanol–water partition coefficient (Wildman–Crippen LogP) is 3.10. The van der Waals surface area contributed by atoms with Gasteiger partial charge in [-0.3, -0.25) is 9.69 Å². The van der Waals surface area contributed by atoms with E-state index in [0.717, 1.165) is 44.7 Å². The number of halogens is 1. The number of nitrogens with zero attached hydrogens (tertiary/aromatic N) is 2. The summed E-state index contributed by atoms with van der Waals surface area (Å²) in [5.74, 6) is 1.36. The zero-order valence-corrected chi connectivity index (χ0v) is 16.7. The molecule has 0 saturated carbocycles. The Labute approximate surface area is 168 Å². The van der Waals surface area contributed by atoms with Gasteiger partial charge in [0.1, 0.15) is 13.2 Å². The van der Waals surface area contributed by atoms with Crippen molar-refractivity contribution in [3.63, 3.8) is 0 Å². The fourth-order valence-electron chi connectivity index (χ4n) is 3.50. The minimum atomic E-state index is 0.139. The number of rotatable bonds is 5. The third-order valence-corrected chi connectivity index (χ3v) is 6.21. The fraction of sp³-hybridized carbons (Fsp3) is 0.450. The van der Waals surface area contributed by atoms with Gasteiger partial charge in [-0.1, -0.05) is 17.7 Å². The molecule has 1 saturated heterocycles. The van der Waals surface area contributed by atoms with Crippen molar-refractivity contribution in [1.82, 2.24) is 9.80 Å². The molecule has 1 fully saturated rings. The number of carbonyl (C=O) groups is 1. The van der Waals surface area contributed by atoms with Crippen molar-refractivity contribution in [1.29, 1.82) is 0 Å². The first kappa shape index (κ1) is 18.6. The monoisotopic (exact) mass is 406 g/mol. The molecule has 7 heteroatoms. The van der Waals surface area contributed by atoms with Crippen molar-refractivity contribution in [2.24, 2.45) is 0 Å². The molecule has 144 valence electrons. The van der Waals surface area contributed by atoms with Gasteiger partial charge < -0.3 is 14.4 Å². The molecule has 5 nitrogen and oxygen atoms in total. The quantitative estimate of drug-likeness (QED) is 0.765. The largest absolute Gasteiger partial charge is 0.486 e. The smallest absolute Gasteiger partial charge is 0.227 e. The van der Waals surface area contributed by atoms with Crippen molar-refractivity contribution in [3.8, 4) is 11.5 Å². The van der Waals surface area contributed by atoms with E-state index in [-0.39, 0.29) is 5.91 Å². The molecular formula is C20H23ClN2O3S. The topological polar surface area (TPSA) is 42.0 Å². The lowest BCUT2D eigenvalue weighted by Gasteiger charge is -2.34. The predicted molar refractivity (Wildman–Crippen MR) is 107 cm³/mol. The first-order valence-electron chi connectivity index (χ1n) is 9.29. The normalized spacial score (nSPS) is 17.1. The molecule has 0 spiro atoms. The van der Waals surface area contributed by atoms with Gasteiger partial charge in [-0.05, 0) is 35.6 Å². The molecule has 0 unspecified atom stereocenters. The van der Waals surface area contributed by atoms with Crippen LogP contribution in [0, 0.1) is 0 Å². The Balaban J connectivity index is 1.29. The van der Waals surface area contributed by atoms with Crippen LogP contribution in [0.2, 0.25) is 5.02 Å². The number of carbonyl (C=O) groups excluding carboxylic acids is 1. The zero-order chi connectivity index (χ0) is 18.6. The molecule has 0 bridgehead atoms. The molecule has 27 heavy (non-hydrogen) atoms. The van der Waals surface area contributed by atoms with Crippen LogP contribution in [0.3, 0.4) is 0 Å². The molecule has 1 amide bonds. The summed E-state index contributed by atoms with van der Waals surface area (Å²) in [5.41, 5.74) is 0.870. The Bertz CT molecular complexity index is 789. The molecular weight excluding hydrogens is 384 g/mol. The van der Waals surface area contributed by atoms with Gasteiger partial charge in [-0.25, -0.2) is 0 Å². The van der Waals surface area contributed by atoms with Gasteiger partial charge in [-0.15, -0.1) is 11.3 Å². The Morgan fingerprint density at radius 2 is 1.96 bits per heavy atom. The molecule has 3 heterocycles. The van der Waals surface area contributed by atoms with Crippen LogP contribution in [0.1, 0.15) is 10.4 Å². The maximum absolute atomic E-state index is 12.7. The lowest BCUT2D eigenvalue weighted by molar-refractivity contribution is -0.132. The molecule has 1 aromatic heterocycles. The van der Waals surface area contributed by atoms with Crippen LogP contribution in [0.5, 0.6) is 11.5 Å². The average molecular weight is 407 g/mol. The van der Waals surface area contributed by atoms with Crippen molar-refractivity contribution >= 4 is 28.8 Å². The SMILES string of the molecule is O=C(Cc1cc(Cl)c2c(c1)OCCO2)N1CCN(CCc2cccs2)CC1. The van der Waals surface area contributed by atoms with Crippen LogP contribution in [0.15, 0.2) is 29.6 Å². The maximum Gasteiger partial charge on any atom is 0.227 e. The Hall–Kier alpha value is -1.76. The van der Waals surface area contributed by atoms with Crippen molar-refractivity contribution in [2.75, 3.05) is 45.9 Å². The Kier molecular flexibility index (Phi) is 5.86. The minimum absolute atomic E-state index is 0.139. The number of thiophene rings is 1. The lowest BCUT2D eigenvalue weighted by Crippen LogP contribution is -2.49. The highest BCUT2D eigenvalue weighted by Gasteiger charge is 2.23. The summed E-state index contributed by atoms with van der Waals surface area (Å²) in [7, 11) is 0. The first-order valence-corrected chi connectivity index (χ1v) is 10.6. The summed E-state index contributed by atoms with van der Waals surface area (Å²) < 4.78 is 11.1. The average Bonchev–Trinajstić information content (AvgIpc) is 3.20. The number of amides is 1. The molecule has 0 atom stereocenters. The highest BCUT2D eigenvalue weighted by atomic mass is 35.5. The highest BCUT2D eigenvalue weighted by molar-refractivity contribution is 7.09. The summed E-state index contributed by atoms with van der Waals surface area (Å²) >= 11 is 8.08. The van der Waals surface area contributed by atoms with Crippen molar-refractivity contribution < 1.29 is 14.3 Å². The lowest BCUT2D eigenvalue weighted by atomic mass is 10.1. The van der Waals surface area contributed by atoms with E-state index in [2.05, 4.69) is 22.4 Å². The van der Waals surface area contributed by atoms with Crippen LogP contribution in [-0.2, 0) is 17.6 Å². The molecule has 2 aromatic rings. The number of hydrogen-bond acceptors (Lipinski definition) is 5. The summed E-state index contributed by atoms with van der Waals surface area (Å²) in [5, 5.41) is 2.63. The number of fused-ring (bicyclic) bond motifs is 1. The summed E-state index contributed by atoms with van der Waals surface area (Å²) in [4.78, 5) is 18.5. The first-order chi connectivity index (χ1) is 13.2. The maximum atomic E-state index is 12.7. The van der Waals surface area contributed by atoms with E-state index in [1.54, 1.807) is 0 Å².